The Morgan fingerprint density at radius 2 is 1.55 bits per heavy atom. The SMILES string of the molecule is CCCCNC(=O)[C@@H](Cc1ccccc1)N(Cc1cccc(Cl)c1)C(=O)CCCN(c1ccccc1)S(C)(=O)=O. The molecule has 3 rings (SSSR count). The van der Waals surface area contributed by atoms with Crippen LogP contribution in [0.15, 0.2) is 84.9 Å². The van der Waals surface area contributed by atoms with E-state index in [1.807, 2.05) is 48.5 Å². The number of carbonyl (C=O) groups is 2. The van der Waals surface area contributed by atoms with E-state index in [9.17, 15) is 18.0 Å². The van der Waals surface area contributed by atoms with Gasteiger partial charge in [0.15, 0.2) is 0 Å². The number of halogens is 1. The molecule has 3 aromatic carbocycles. The number of hydrogen-bond acceptors (Lipinski definition) is 4. The molecule has 0 saturated carbocycles. The van der Waals surface area contributed by atoms with Gasteiger partial charge in [0.1, 0.15) is 6.04 Å². The van der Waals surface area contributed by atoms with Crippen LogP contribution in [0, 0.1) is 0 Å². The van der Waals surface area contributed by atoms with Crippen molar-refractivity contribution in [3.05, 3.63) is 101 Å². The van der Waals surface area contributed by atoms with Crippen LogP contribution in [0.4, 0.5) is 5.69 Å². The van der Waals surface area contributed by atoms with Gasteiger partial charge in [-0.25, -0.2) is 8.42 Å². The third-order valence-corrected chi connectivity index (χ3v) is 7.97. The fraction of sp³-hybridized carbons (Fsp3) is 0.355. The molecule has 7 nitrogen and oxygen atoms in total. The summed E-state index contributed by atoms with van der Waals surface area (Å²) in [5.41, 5.74) is 2.29. The number of nitrogens with zero attached hydrogens (tertiary/aromatic N) is 2. The van der Waals surface area contributed by atoms with Crippen LogP contribution in [-0.4, -0.2) is 50.5 Å². The van der Waals surface area contributed by atoms with Crippen LogP contribution in [0.25, 0.3) is 0 Å². The minimum atomic E-state index is -3.54. The van der Waals surface area contributed by atoms with E-state index in [1.54, 1.807) is 41.3 Å². The van der Waals surface area contributed by atoms with E-state index >= 15 is 0 Å². The Kier molecular flexibility index (Phi) is 12.0. The zero-order valence-corrected chi connectivity index (χ0v) is 24.7. The molecule has 1 N–H and O–H groups in total. The summed E-state index contributed by atoms with van der Waals surface area (Å²) >= 11 is 6.24. The van der Waals surface area contributed by atoms with E-state index in [2.05, 4.69) is 12.2 Å². The van der Waals surface area contributed by atoms with Crippen LogP contribution in [0.1, 0.15) is 43.7 Å². The fourth-order valence-electron chi connectivity index (χ4n) is 4.49. The summed E-state index contributed by atoms with van der Waals surface area (Å²) < 4.78 is 26.3. The second-order valence-corrected chi connectivity index (χ2v) is 12.1. The second kappa shape index (κ2) is 15.4. The zero-order valence-electron chi connectivity index (χ0n) is 23.1. The molecule has 1 atom stereocenters. The van der Waals surface area contributed by atoms with Crippen LogP contribution in [0.3, 0.4) is 0 Å². The summed E-state index contributed by atoms with van der Waals surface area (Å²) in [5.74, 6) is -0.442. The highest BCUT2D eigenvalue weighted by Crippen LogP contribution is 2.21. The molecule has 0 radical (unpaired) electrons. The van der Waals surface area contributed by atoms with Gasteiger partial charge in [0.25, 0.3) is 0 Å². The Labute approximate surface area is 243 Å². The minimum Gasteiger partial charge on any atom is -0.354 e. The number of sulfonamides is 1. The number of unbranched alkanes of at least 4 members (excludes halogenated alkanes) is 1. The molecule has 0 aromatic heterocycles. The molecule has 0 fully saturated rings. The maximum atomic E-state index is 13.8. The summed E-state index contributed by atoms with van der Waals surface area (Å²) in [6.07, 6.45) is 3.66. The number of nitrogens with one attached hydrogen (secondary N) is 1. The van der Waals surface area contributed by atoms with Crippen molar-refractivity contribution in [2.24, 2.45) is 0 Å². The Morgan fingerprint density at radius 1 is 0.900 bits per heavy atom. The Morgan fingerprint density at radius 3 is 2.17 bits per heavy atom. The van der Waals surface area contributed by atoms with Gasteiger partial charge in [-0.2, -0.15) is 0 Å². The predicted octanol–water partition coefficient (Wildman–Crippen LogP) is 5.44. The van der Waals surface area contributed by atoms with E-state index < -0.39 is 16.1 Å². The smallest absolute Gasteiger partial charge is 0.243 e. The maximum absolute atomic E-state index is 13.8. The molecule has 0 aliphatic rings. The number of anilines is 1. The molecule has 40 heavy (non-hydrogen) atoms. The van der Waals surface area contributed by atoms with Gasteiger partial charge in [0.05, 0.1) is 11.9 Å². The van der Waals surface area contributed by atoms with Gasteiger partial charge in [-0.05, 0) is 48.2 Å². The van der Waals surface area contributed by atoms with Gasteiger partial charge in [0.2, 0.25) is 21.8 Å². The van der Waals surface area contributed by atoms with Crippen LogP contribution in [0.2, 0.25) is 5.02 Å². The van der Waals surface area contributed by atoms with E-state index in [1.165, 1.54) is 4.31 Å². The Balaban J connectivity index is 1.86. The molecular formula is C31H38ClN3O4S. The molecule has 0 aliphatic carbocycles. The topological polar surface area (TPSA) is 86.8 Å². The number of amides is 2. The third kappa shape index (κ3) is 9.68. The van der Waals surface area contributed by atoms with Crippen molar-refractivity contribution < 1.29 is 18.0 Å². The Hall–Kier alpha value is -3.36. The molecule has 0 saturated heterocycles. The Bertz CT molecular complexity index is 1340. The quantitative estimate of drug-likeness (QED) is 0.241. The molecular weight excluding hydrogens is 546 g/mol. The largest absolute Gasteiger partial charge is 0.354 e. The standard InChI is InChI=1S/C31H38ClN3O4S/c1-3-4-20-33-31(37)29(23-25-13-7-5-8-14-25)34(24-26-15-11-16-27(32)22-26)30(36)19-12-21-35(40(2,38)39)28-17-9-6-10-18-28/h5-11,13-18,22,29H,3-4,12,19-21,23-24H2,1-2H3,(H,33,37)/t29-/m1/s1. The van der Waals surface area contributed by atoms with Gasteiger partial charge >= 0.3 is 0 Å². The van der Waals surface area contributed by atoms with Gasteiger partial charge in [-0.1, -0.05) is 85.6 Å². The van der Waals surface area contributed by atoms with Crippen molar-refractivity contribution >= 4 is 39.1 Å². The molecule has 0 aliphatic heterocycles. The summed E-state index contributed by atoms with van der Waals surface area (Å²) in [5, 5.41) is 3.55. The van der Waals surface area contributed by atoms with Gasteiger partial charge in [-0.3, -0.25) is 13.9 Å². The predicted molar refractivity (Wildman–Crippen MR) is 162 cm³/mol. The molecule has 0 unspecified atom stereocenters. The molecule has 0 bridgehead atoms. The molecule has 2 amide bonds. The van der Waals surface area contributed by atoms with Crippen LogP contribution < -0.4 is 9.62 Å². The number of rotatable bonds is 15. The van der Waals surface area contributed by atoms with Crippen molar-refractivity contribution in [3.8, 4) is 0 Å². The average Bonchev–Trinajstić information content (AvgIpc) is 2.93. The summed E-state index contributed by atoms with van der Waals surface area (Å²) in [7, 11) is -3.54. The number of benzene rings is 3. The van der Waals surface area contributed by atoms with Gasteiger partial charge < -0.3 is 10.2 Å². The van der Waals surface area contributed by atoms with Crippen LogP contribution in [0.5, 0.6) is 0 Å². The summed E-state index contributed by atoms with van der Waals surface area (Å²) in [6, 6.07) is 24.9. The van der Waals surface area contributed by atoms with Crippen molar-refractivity contribution in [1.82, 2.24) is 10.2 Å². The molecule has 3 aromatic rings. The monoisotopic (exact) mass is 583 g/mol. The molecule has 9 heteroatoms. The van der Waals surface area contributed by atoms with Gasteiger partial charge in [-0.15, -0.1) is 0 Å². The summed E-state index contributed by atoms with van der Waals surface area (Å²) in [6.45, 7) is 2.93. The minimum absolute atomic E-state index is 0.0763. The first kappa shape index (κ1) is 31.2. The normalized spacial score (nSPS) is 12.0. The highest BCUT2D eigenvalue weighted by molar-refractivity contribution is 7.92. The van der Waals surface area contributed by atoms with E-state index in [0.29, 0.717) is 30.1 Å². The molecule has 0 spiro atoms. The lowest BCUT2D eigenvalue weighted by molar-refractivity contribution is -0.141. The first-order valence-electron chi connectivity index (χ1n) is 13.6. The van der Waals surface area contributed by atoms with Crippen molar-refractivity contribution in [2.75, 3.05) is 23.7 Å². The lowest BCUT2D eigenvalue weighted by Gasteiger charge is -2.32. The van der Waals surface area contributed by atoms with E-state index in [4.69, 9.17) is 11.6 Å². The van der Waals surface area contributed by atoms with E-state index in [-0.39, 0.29) is 31.3 Å². The number of carbonyl (C=O) groups excluding carboxylic acids is 2. The highest BCUT2D eigenvalue weighted by Gasteiger charge is 2.30. The van der Waals surface area contributed by atoms with Crippen molar-refractivity contribution in [1.29, 1.82) is 0 Å². The molecule has 0 heterocycles. The summed E-state index contributed by atoms with van der Waals surface area (Å²) in [4.78, 5) is 28.9. The van der Waals surface area contributed by atoms with Crippen LogP contribution in [-0.2, 0) is 32.6 Å². The van der Waals surface area contributed by atoms with Crippen molar-refractivity contribution in [2.45, 2.75) is 51.6 Å². The molecule has 214 valence electrons. The number of hydrogen-bond donors (Lipinski definition) is 1. The number of para-hydroxylation sites is 1. The maximum Gasteiger partial charge on any atom is 0.243 e. The van der Waals surface area contributed by atoms with E-state index in [0.717, 1.165) is 30.2 Å². The zero-order chi connectivity index (χ0) is 29.0. The first-order valence-corrected chi connectivity index (χ1v) is 15.8. The lowest BCUT2D eigenvalue weighted by atomic mass is 10.0. The fourth-order valence-corrected chi connectivity index (χ4v) is 5.67. The highest BCUT2D eigenvalue weighted by atomic mass is 35.5. The third-order valence-electron chi connectivity index (χ3n) is 6.54. The second-order valence-electron chi connectivity index (χ2n) is 9.78. The first-order chi connectivity index (χ1) is 19.2. The van der Waals surface area contributed by atoms with Gasteiger partial charge in [0, 0.05) is 37.5 Å². The lowest BCUT2D eigenvalue weighted by Crippen LogP contribution is -2.50. The average molecular weight is 584 g/mol. The van der Waals surface area contributed by atoms with Crippen molar-refractivity contribution in [3.63, 3.8) is 0 Å². The van der Waals surface area contributed by atoms with Crippen LogP contribution >= 0.6 is 11.6 Å².